The Bertz CT molecular complexity index is 1460. The molecule has 1 unspecified atom stereocenters. The van der Waals surface area contributed by atoms with Crippen LogP contribution in [0.4, 0.5) is 5.82 Å². The number of nitriles is 1. The lowest BCUT2D eigenvalue weighted by atomic mass is 10.0. The van der Waals surface area contributed by atoms with Crippen LogP contribution in [0, 0.1) is 11.3 Å². The lowest BCUT2D eigenvalue weighted by Crippen LogP contribution is -2.06. The third-order valence-electron chi connectivity index (χ3n) is 4.97. The molecule has 0 amide bonds. The molecule has 0 bridgehead atoms. The van der Waals surface area contributed by atoms with Gasteiger partial charge in [-0.1, -0.05) is 42.5 Å². The Hall–Kier alpha value is -4.68. The van der Waals surface area contributed by atoms with E-state index in [2.05, 4.69) is 31.1 Å². The SMILES string of the molecule is N#Cc1cccc(-c2nc(N)c3nc(C(O)c4ccccc4)nn3c2-c2ccncn2)c1. The maximum absolute atomic E-state index is 10.8. The van der Waals surface area contributed by atoms with Gasteiger partial charge in [-0.25, -0.2) is 24.5 Å². The van der Waals surface area contributed by atoms with Crippen LogP contribution in [0.3, 0.4) is 0 Å². The van der Waals surface area contributed by atoms with E-state index in [1.807, 2.05) is 24.3 Å². The van der Waals surface area contributed by atoms with E-state index in [4.69, 9.17) is 5.73 Å². The number of aliphatic hydroxyl groups excluding tert-OH is 1. The zero-order valence-corrected chi connectivity index (χ0v) is 16.7. The summed E-state index contributed by atoms with van der Waals surface area (Å²) < 4.78 is 1.53. The van der Waals surface area contributed by atoms with Gasteiger partial charge < -0.3 is 10.8 Å². The minimum absolute atomic E-state index is 0.138. The highest BCUT2D eigenvalue weighted by Crippen LogP contribution is 2.33. The summed E-state index contributed by atoms with van der Waals surface area (Å²) in [5.74, 6) is 0.321. The Labute approximate surface area is 182 Å². The van der Waals surface area contributed by atoms with Crippen LogP contribution in [-0.4, -0.2) is 34.7 Å². The van der Waals surface area contributed by atoms with Gasteiger partial charge in [0.05, 0.1) is 17.3 Å². The van der Waals surface area contributed by atoms with Crippen LogP contribution in [0.2, 0.25) is 0 Å². The summed E-state index contributed by atoms with van der Waals surface area (Å²) in [7, 11) is 0. The fourth-order valence-electron chi connectivity index (χ4n) is 3.47. The van der Waals surface area contributed by atoms with Crippen LogP contribution >= 0.6 is 0 Å². The van der Waals surface area contributed by atoms with Gasteiger partial charge in [-0.05, 0) is 23.8 Å². The molecule has 2 aromatic carbocycles. The van der Waals surface area contributed by atoms with Gasteiger partial charge in [0.1, 0.15) is 23.8 Å². The predicted octanol–water partition coefficient (Wildman–Crippen LogP) is 2.78. The normalized spacial score (nSPS) is 11.9. The monoisotopic (exact) mass is 420 g/mol. The Kier molecular flexibility index (Phi) is 4.74. The van der Waals surface area contributed by atoms with Crippen molar-refractivity contribution in [3.8, 4) is 28.7 Å². The van der Waals surface area contributed by atoms with E-state index in [1.165, 1.54) is 10.8 Å². The van der Waals surface area contributed by atoms with E-state index < -0.39 is 6.10 Å². The van der Waals surface area contributed by atoms with Crippen LogP contribution < -0.4 is 5.73 Å². The molecule has 3 aromatic heterocycles. The van der Waals surface area contributed by atoms with Gasteiger partial charge in [0, 0.05) is 11.8 Å². The lowest BCUT2D eigenvalue weighted by molar-refractivity contribution is 0.210. The van der Waals surface area contributed by atoms with Gasteiger partial charge >= 0.3 is 0 Å². The zero-order valence-electron chi connectivity index (χ0n) is 16.7. The van der Waals surface area contributed by atoms with E-state index in [0.717, 1.165) is 0 Å². The molecule has 0 aliphatic carbocycles. The van der Waals surface area contributed by atoms with Crippen molar-refractivity contribution >= 4 is 11.5 Å². The largest absolute Gasteiger partial charge is 0.381 e. The van der Waals surface area contributed by atoms with Crippen LogP contribution in [0.25, 0.3) is 28.3 Å². The fraction of sp³-hybridized carbons (Fsp3) is 0.0435. The maximum Gasteiger partial charge on any atom is 0.199 e. The number of nitrogens with two attached hydrogens (primary N) is 1. The standard InChI is InChI=1S/C23H16N8O/c24-12-14-5-4-8-16(11-14)18-19(17-9-10-26-13-27-17)31-23(21(25)28-18)29-22(30-31)20(32)15-6-2-1-3-7-15/h1-11,13,20,32H,(H2,25,28). The minimum atomic E-state index is -1.04. The Morgan fingerprint density at radius 1 is 1.03 bits per heavy atom. The van der Waals surface area contributed by atoms with E-state index in [-0.39, 0.29) is 11.6 Å². The van der Waals surface area contributed by atoms with Gasteiger partial charge in [0.2, 0.25) is 0 Å². The van der Waals surface area contributed by atoms with Gasteiger partial charge in [0.15, 0.2) is 17.3 Å². The highest BCUT2D eigenvalue weighted by molar-refractivity contribution is 5.81. The van der Waals surface area contributed by atoms with Crippen LogP contribution in [0.5, 0.6) is 0 Å². The van der Waals surface area contributed by atoms with Crippen molar-refractivity contribution in [3.05, 3.63) is 90.1 Å². The highest BCUT2D eigenvalue weighted by Gasteiger charge is 2.23. The number of hydrogen-bond acceptors (Lipinski definition) is 8. The van der Waals surface area contributed by atoms with Crippen LogP contribution in [0.1, 0.15) is 23.1 Å². The van der Waals surface area contributed by atoms with E-state index >= 15 is 0 Å². The van der Waals surface area contributed by atoms with Crippen molar-refractivity contribution in [2.24, 2.45) is 0 Å². The molecule has 5 rings (SSSR count). The first kappa shape index (κ1) is 19.3. The molecule has 0 spiro atoms. The number of aliphatic hydroxyl groups is 1. The Morgan fingerprint density at radius 3 is 2.62 bits per heavy atom. The summed E-state index contributed by atoms with van der Waals surface area (Å²) in [5.41, 5.74) is 9.90. The molecule has 9 nitrogen and oxygen atoms in total. The first-order valence-electron chi connectivity index (χ1n) is 9.72. The van der Waals surface area contributed by atoms with Gasteiger partial charge in [0.25, 0.3) is 0 Å². The molecular formula is C23H16N8O. The molecule has 0 aliphatic rings. The van der Waals surface area contributed by atoms with Crippen molar-refractivity contribution in [1.82, 2.24) is 29.5 Å². The topological polar surface area (TPSA) is 139 Å². The number of rotatable bonds is 4. The summed E-state index contributed by atoms with van der Waals surface area (Å²) in [4.78, 5) is 17.4. The van der Waals surface area contributed by atoms with Crippen molar-refractivity contribution in [2.45, 2.75) is 6.10 Å². The van der Waals surface area contributed by atoms with Crippen molar-refractivity contribution < 1.29 is 5.11 Å². The van der Waals surface area contributed by atoms with E-state index in [0.29, 0.717) is 39.4 Å². The number of hydrogen-bond donors (Lipinski definition) is 2. The third-order valence-corrected chi connectivity index (χ3v) is 4.97. The minimum Gasteiger partial charge on any atom is -0.381 e. The number of nitrogen functional groups attached to an aromatic ring is 1. The van der Waals surface area contributed by atoms with Crippen molar-refractivity contribution in [3.63, 3.8) is 0 Å². The molecule has 3 N–H and O–H groups in total. The third kappa shape index (κ3) is 3.30. The summed E-state index contributed by atoms with van der Waals surface area (Å²) in [5, 5.41) is 24.7. The second-order valence-electron chi connectivity index (χ2n) is 7.00. The molecule has 0 saturated heterocycles. The maximum atomic E-state index is 10.8. The molecular weight excluding hydrogens is 404 g/mol. The fourth-order valence-corrected chi connectivity index (χ4v) is 3.47. The molecule has 0 radical (unpaired) electrons. The lowest BCUT2D eigenvalue weighted by Gasteiger charge is -2.11. The number of fused-ring (bicyclic) bond motifs is 1. The summed E-state index contributed by atoms with van der Waals surface area (Å²) >= 11 is 0. The Morgan fingerprint density at radius 2 is 1.88 bits per heavy atom. The summed E-state index contributed by atoms with van der Waals surface area (Å²) in [6, 6.07) is 20.0. The molecule has 5 aromatic rings. The summed E-state index contributed by atoms with van der Waals surface area (Å²) in [6.45, 7) is 0. The van der Waals surface area contributed by atoms with Crippen molar-refractivity contribution in [1.29, 1.82) is 5.26 Å². The molecule has 154 valence electrons. The van der Waals surface area contributed by atoms with Crippen LogP contribution in [0.15, 0.2) is 73.2 Å². The number of nitrogens with zero attached hydrogens (tertiary/aromatic N) is 7. The predicted molar refractivity (Wildman–Crippen MR) is 117 cm³/mol. The van der Waals surface area contributed by atoms with Crippen molar-refractivity contribution in [2.75, 3.05) is 5.73 Å². The first-order valence-corrected chi connectivity index (χ1v) is 9.72. The molecule has 32 heavy (non-hydrogen) atoms. The number of benzene rings is 2. The second kappa shape index (κ2) is 7.86. The first-order chi connectivity index (χ1) is 15.7. The number of anilines is 1. The van der Waals surface area contributed by atoms with Gasteiger partial charge in [-0.2, -0.15) is 5.26 Å². The van der Waals surface area contributed by atoms with Crippen LogP contribution in [-0.2, 0) is 0 Å². The Balaban J connectivity index is 1.79. The zero-order chi connectivity index (χ0) is 22.1. The van der Waals surface area contributed by atoms with Gasteiger partial charge in [-0.3, -0.25) is 0 Å². The van der Waals surface area contributed by atoms with E-state index in [1.54, 1.807) is 42.6 Å². The molecule has 0 fully saturated rings. The molecule has 3 heterocycles. The second-order valence-corrected chi connectivity index (χ2v) is 7.00. The smallest absolute Gasteiger partial charge is 0.199 e. The van der Waals surface area contributed by atoms with E-state index in [9.17, 15) is 10.4 Å². The highest BCUT2D eigenvalue weighted by atomic mass is 16.3. The quantitative estimate of drug-likeness (QED) is 0.452. The molecule has 0 saturated carbocycles. The molecule has 9 heteroatoms. The number of aromatic nitrogens is 6. The molecule has 1 atom stereocenters. The average molecular weight is 420 g/mol. The average Bonchev–Trinajstić information content (AvgIpc) is 3.30. The summed E-state index contributed by atoms with van der Waals surface area (Å²) in [6.07, 6.45) is 1.99. The van der Waals surface area contributed by atoms with Gasteiger partial charge in [-0.15, -0.1) is 5.10 Å². The molecule has 0 aliphatic heterocycles.